The van der Waals surface area contributed by atoms with Crippen molar-refractivity contribution in [3.8, 4) is 5.75 Å². The molecule has 122 valence electrons. The van der Waals surface area contributed by atoms with Crippen molar-refractivity contribution in [1.29, 1.82) is 0 Å². The molecule has 3 N–H and O–H groups in total. The quantitative estimate of drug-likeness (QED) is 0.442. The molecule has 0 heterocycles. The number of amides is 1. The van der Waals surface area contributed by atoms with Gasteiger partial charge >= 0.3 is 0 Å². The average molecular weight is 342 g/mol. The van der Waals surface area contributed by atoms with E-state index in [2.05, 4.69) is 16.0 Å². The van der Waals surface area contributed by atoms with E-state index in [-0.39, 0.29) is 5.91 Å². The van der Waals surface area contributed by atoms with Gasteiger partial charge in [-0.15, -0.1) is 0 Å². The van der Waals surface area contributed by atoms with E-state index in [0.29, 0.717) is 24.0 Å². The van der Waals surface area contributed by atoms with E-state index in [9.17, 15) is 4.79 Å². The zero-order chi connectivity index (χ0) is 16.0. The minimum atomic E-state index is 0.0564. The lowest BCUT2D eigenvalue weighted by Crippen LogP contribution is -2.34. The van der Waals surface area contributed by atoms with Gasteiger partial charge in [0.25, 0.3) is 0 Å². The highest BCUT2D eigenvalue weighted by Crippen LogP contribution is 2.08. The Kier molecular flexibility index (Phi) is 10.2. The van der Waals surface area contributed by atoms with Crippen LogP contribution in [0.5, 0.6) is 5.75 Å². The molecule has 0 bridgehead atoms. The fraction of sp³-hybridized carbons (Fsp3) is 0.467. The maximum atomic E-state index is 11.6. The number of thiocarbonyl (C=S) groups is 1. The smallest absolute Gasteiger partial charge is 0.229 e. The summed E-state index contributed by atoms with van der Waals surface area (Å²) in [6, 6.07) is 9.66. The second-order valence-electron chi connectivity index (χ2n) is 4.42. The van der Waals surface area contributed by atoms with Gasteiger partial charge in [-0.25, -0.2) is 0 Å². The van der Waals surface area contributed by atoms with Crippen LogP contribution in [0.1, 0.15) is 6.42 Å². The molecule has 7 heteroatoms. The van der Waals surface area contributed by atoms with Crippen LogP contribution in [0.2, 0.25) is 0 Å². The Hall–Kier alpha value is -1.47. The Morgan fingerprint density at radius 2 is 2.00 bits per heavy atom. The second kappa shape index (κ2) is 12.1. The molecule has 0 radical (unpaired) electrons. The Morgan fingerprint density at radius 3 is 2.73 bits per heavy atom. The van der Waals surface area contributed by atoms with Crippen LogP contribution >= 0.6 is 24.0 Å². The molecule has 0 spiro atoms. The van der Waals surface area contributed by atoms with Gasteiger partial charge in [0.15, 0.2) is 5.11 Å². The molecule has 0 atom stereocenters. The van der Waals surface area contributed by atoms with E-state index in [1.54, 1.807) is 18.8 Å². The fourth-order valence-electron chi connectivity index (χ4n) is 1.55. The van der Waals surface area contributed by atoms with Crippen molar-refractivity contribution >= 4 is 35.0 Å². The van der Waals surface area contributed by atoms with Crippen LogP contribution in [-0.4, -0.2) is 49.3 Å². The minimum absolute atomic E-state index is 0.0564. The minimum Gasteiger partial charge on any atom is -0.494 e. The Bertz CT molecular complexity index is 444. The zero-order valence-corrected chi connectivity index (χ0v) is 14.4. The first-order valence-electron chi connectivity index (χ1n) is 7.20. The summed E-state index contributed by atoms with van der Waals surface area (Å²) in [7, 11) is 1.78. The molecular formula is C15H23N3O2S2. The van der Waals surface area contributed by atoms with Crippen molar-refractivity contribution in [1.82, 2.24) is 16.0 Å². The largest absolute Gasteiger partial charge is 0.494 e. The number of carbonyl (C=O) groups is 1. The van der Waals surface area contributed by atoms with Gasteiger partial charge in [-0.2, -0.15) is 11.8 Å². The number of thioether (sulfide) groups is 1. The van der Waals surface area contributed by atoms with E-state index in [0.717, 1.165) is 24.5 Å². The van der Waals surface area contributed by atoms with E-state index < -0.39 is 0 Å². The van der Waals surface area contributed by atoms with Gasteiger partial charge in [-0.05, 0) is 30.8 Å². The zero-order valence-electron chi connectivity index (χ0n) is 12.8. The summed E-state index contributed by atoms with van der Waals surface area (Å²) in [5.41, 5.74) is 0. The van der Waals surface area contributed by atoms with E-state index in [4.69, 9.17) is 17.0 Å². The van der Waals surface area contributed by atoms with Crippen LogP contribution in [-0.2, 0) is 4.79 Å². The normalized spacial score (nSPS) is 9.86. The van der Waals surface area contributed by atoms with Gasteiger partial charge in [0.2, 0.25) is 5.91 Å². The molecule has 1 rings (SSSR count). The van der Waals surface area contributed by atoms with Gasteiger partial charge in [0, 0.05) is 25.9 Å². The highest BCUT2D eigenvalue weighted by atomic mass is 32.2. The summed E-state index contributed by atoms with van der Waals surface area (Å²) in [5, 5.41) is 9.38. The van der Waals surface area contributed by atoms with Crippen LogP contribution in [0.25, 0.3) is 0 Å². The average Bonchev–Trinajstić information content (AvgIpc) is 2.55. The summed E-state index contributed by atoms with van der Waals surface area (Å²) in [6.07, 6.45) is 0.795. The number of hydrogen-bond donors (Lipinski definition) is 3. The Morgan fingerprint density at radius 1 is 1.23 bits per heavy atom. The molecule has 0 saturated carbocycles. The third-order valence-electron chi connectivity index (χ3n) is 2.65. The molecule has 1 aromatic rings. The van der Waals surface area contributed by atoms with E-state index in [1.165, 1.54) is 0 Å². The van der Waals surface area contributed by atoms with Crippen molar-refractivity contribution < 1.29 is 9.53 Å². The molecule has 0 saturated heterocycles. The monoisotopic (exact) mass is 341 g/mol. The summed E-state index contributed by atoms with van der Waals surface area (Å²) in [4.78, 5) is 11.6. The lowest BCUT2D eigenvalue weighted by Gasteiger charge is -2.08. The summed E-state index contributed by atoms with van der Waals surface area (Å²) < 4.78 is 5.55. The van der Waals surface area contributed by atoms with E-state index in [1.807, 2.05) is 30.3 Å². The van der Waals surface area contributed by atoms with Crippen LogP contribution < -0.4 is 20.7 Å². The van der Waals surface area contributed by atoms with Gasteiger partial charge < -0.3 is 20.7 Å². The van der Waals surface area contributed by atoms with Crippen LogP contribution in [0.3, 0.4) is 0 Å². The van der Waals surface area contributed by atoms with Crippen LogP contribution in [0.4, 0.5) is 0 Å². The summed E-state index contributed by atoms with van der Waals surface area (Å²) >= 11 is 6.53. The molecule has 1 amide bonds. The SMILES string of the molecule is CNC(=S)NCCSCC(=O)NCCCOc1ccccc1. The highest BCUT2D eigenvalue weighted by molar-refractivity contribution is 7.99. The standard InChI is InChI=1S/C15H23N3O2S2/c1-16-15(21)18-9-11-22-12-14(19)17-8-5-10-20-13-6-3-2-4-7-13/h2-4,6-7H,5,8-12H2,1H3,(H,17,19)(H2,16,18,21). The first kappa shape index (κ1) is 18.6. The number of ether oxygens (including phenoxy) is 1. The first-order chi connectivity index (χ1) is 10.7. The number of nitrogens with one attached hydrogen (secondary N) is 3. The second-order valence-corrected chi connectivity index (χ2v) is 5.94. The summed E-state index contributed by atoms with van der Waals surface area (Å²) in [5.74, 6) is 2.22. The molecule has 0 unspecified atom stereocenters. The molecule has 0 aromatic heterocycles. The van der Waals surface area contributed by atoms with Crippen molar-refractivity contribution in [3.05, 3.63) is 30.3 Å². The fourth-order valence-corrected chi connectivity index (χ4v) is 2.33. The summed E-state index contributed by atoms with van der Waals surface area (Å²) in [6.45, 7) is 1.99. The third-order valence-corrected chi connectivity index (χ3v) is 3.95. The molecular weight excluding hydrogens is 318 g/mol. The van der Waals surface area contributed by atoms with Crippen molar-refractivity contribution in [2.45, 2.75) is 6.42 Å². The predicted octanol–water partition coefficient (Wildman–Crippen LogP) is 1.40. The number of hydrogen-bond acceptors (Lipinski definition) is 4. The Balaban J connectivity index is 1.92. The number of benzene rings is 1. The molecule has 0 fully saturated rings. The molecule has 1 aromatic carbocycles. The van der Waals surface area contributed by atoms with Crippen molar-refractivity contribution in [2.75, 3.05) is 38.2 Å². The topological polar surface area (TPSA) is 62.4 Å². The molecule has 0 aliphatic carbocycles. The lowest BCUT2D eigenvalue weighted by atomic mass is 10.3. The van der Waals surface area contributed by atoms with Gasteiger partial charge in [0.1, 0.15) is 5.75 Å². The van der Waals surface area contributed by atoms with Crippen molar-refractivity contribution in [3.63, 3.8) is 0 Å². The van der Waals surface area contributed by atoms with Crippen molar-refractivity contribution in [2.24, 2.45) is 0 Å². The number of para-hydroxylation sites is 1. The Labute approximate surface area is 141 Å². The van der Waals surface area contributed by atoms with Gasteiger partial charge in [-0.3, -0.25) is 4.79 Å². The maximum absolute atomic E-state index is 11.6. The molecule has 0 aliphatic heterocycles. The molecule has 5 nitrogen and oxygen atoms in total. The number of rotatable bonds is 10. The third kappa shape index (κ3) is 9.46. The maximum Gasteiger partial charge on any atom is 0.229 e. The van der Waals surface area contributed by atoms with Crippen LogP contribution in [0, 0.1) is 0 Å². The molecule has 0 aliphatic rings. The lowest BCUT2D eigenvalue weighted by molar-refractivity contribution is -0.118. The van der Waals surface area contributed by atoms with Gasteiger partial charge in [-0.1, -0.05) is 18.2 Å². The van der Waals surface area contributed by atoms with Crippen LogP contribution in [0.15, 0.2) is 30.3 Å². The first-order valence-corrected chi connectivity index (χ1v) is 8.76. The molecule has 22 heavy (non-hydrogen) atoms. The predicted molar refractivity (Wildman–Crippen MR) is 96.5 cm³/mol. The van der Waals surface area contributed by atoms with Gasteiger partial charge in [0.05, 0.1) is 12.4 Å². The number of carbonyl (C=O) groups excluding carboxylic acids is 1. The highest BCUT2D eigenvalue weighted by Gasteiger charge is 2.01. The van der Waals surface area contributed by atoms with E-state index >= 15 is 0 Å².